The Morgan fingerprint density at radius 3 is 2.71 bits per heavy atom. The normalized spacial score (nSPS) is 11.4. The number of carbonyl (C=O) groups excluding carboxylic acids is 1. The molecule has 0 bridgehead atoms. The molecule has 1 aromatic heterocycles. The van der Waals surface area contributed by atoms with Crippen LogP contribution in [0.5, 0.6) is 0 Å². The van der Waals surface area contributed by atoms with Crippen molar-refractivity contribution in [2.75, 3.05) is 6.54 Å². The summed E-state index contributed by atoms with van der Waals surface area (Å²) < 4.78 is 38.4. The first kappa shape index (κ1) is 15.1. The number of imidazole rings is 1. The van der Waals surface area contributed by atoms with Crippen LogP contribution in [0.4, 0.5) is 13.2 Å². The minimum atomic E-state index is -4.45. The molecule has 112 valence electrons. The fraction of sp³-hybridized carbons (Fsp3) is 0.286. The molecular formula is C14H14F3N3O. The first-order chi connectivity index (χ1) is 9.97. The van der Waals surface area contributed by atoms with Crippen molar-refractivity contribution in [3.63, 3.8) is 0 Å². The highest BCUT2D eigenvalue weighted by Gasteiger charge is 2.33. The van der Waals surface area contributed by atoms with Gasteiger partial charge >= 0.3 is 6.18 Å². The first-order valence-electron chi connectivity index (χ1n) is 6.37. The van der Waals surface area contributed by atoms with Gasteiger partial charge in [0.05, 0.1) is 12.0 Å². The van der Waals surface area contributed by atoms with E-state index in [1.807, 2.05) is 0 Å². The van der Waals surface area contributed by atoms with E-state index < -0.39 is 17.6 Å². The molecular weight excluding hydrogens is 283 g/mol. The van der Waals surface area contributed by atoms with Crippen LogP contribution in [-0.2, 0) is 23.8 Å². The predicted octanol–water partition coefficient (Wildman–Crippen LogP) is 2.33. The highest BCUT2D eigenvalue weighted by molar-refractivity contribution is 5.79. The summed E-state index contributed by atoms with van der Waals surface area (Å²) in [6.07, 6.45) is -0.994. The molecule has 0 atom stereocenters. The third kappa shape index (κ3) is 4.34. The van der Waals surface area contributed by atoms with Crippen LogP contribution in [0.3, 0.4) is 0 Å². The summed E-state index contributed by atoms with van der Waals surface area (Å²) in [4.78, 5) is 18.6. The smallest absolute Gasteiger partial charge is 0.355 e. The third-order valence-corrected chi connectivity index (χ3v) is 2.91. The van der Waals surface area contributed by atoms with Gasteiger partial charge in [0.15, 0.2) is 0 Å². The summed E-state index contributed by atoms with van der Waals surface area (Å²) in [6, 6.07) is 5.09. The average molecular weight is 297 g/mol. The maximum Gasteiger partial charge on any atom is 0.416 e. The molecule has 7 heteroatoms. The number of H-pyrrole nitrogens is 1. The first-order valence-corrected chi connectivity index (χ1v) is 6.37. The highest BCUT2D eigenvalue weighted by Crippen LogP contribution is 2.31. The summed E-state index contributed by atoms with van der Waals surface area (Å²) in [7, 11) is 0. The molecule has 0 fully saturated rings. The summed E-state index contributed by atoms with van der Waals surface area (Å²) in [5.41, 5.74) is -0.799. The number of halogens is 3. The average Bonchev–Trinajstić information content (AvgIpc) is 2.91. The summed E-state index contributed by atoms with van der Waals surface area (Å²) in [5, 5.41) is 2.58. The van der Waals surface area contributed by atoms with E-state index >= 15 is 0 Å². The van der Waals surface area contributed by atoms with Crippen LogP contribution in [0.2, 0.25) is 0 Å². The maximum absolute atomic E-state index is 12.8. The lowest BCUT2D eigenvalue weighted by atomic mass is 10.0. The number of carbonyl (C=O) groups is 1. The van der Waals surface area contributed by atoms with Gasteiger partial charge < -0.3 is 10.3 Å². The van der Waals surface area contributed by atoms with E-state index in [4.69, 9.17) is 0 Å². The van der Waals surface area contributed by atoms with Crippen molar-refractivity contribution in [2.24, 2.45) is 0 Å². The Kier molecular flexibility index (Phi) is 4.62. The van der Waals surface area contributed by atoms with Crippen molar-refractivity contribution in [2.45, 2.75) is 19.0 Å². The van der Waals surface area contributed by atoms with Gasteiger partial charge in [0, 0.05) is 25.4 Å². The number of hydrogen-bond acceptors (Lipinski definition) is 2. The van der Waals surface area contributed by atoms with E-state index in [9.17, 15) is 18.0 Å². The Morgan fingerprint density at radius 2 is 2.05 bits per heavy atom. The highest BCUT2D eigenvalue weighted by atomic mass is 19.4. The topological polar surface area (TPSA) is 57.8 Å². The van der Waals surface area contributed by atoms with Crippen LogP contribution in [0.15, 0.2) is 36.7 Å². The van der Waals surface area contributed by atoms with Crippen molar-refractivity contribution in [3.8, 4) is 0 Å². The lowest BCUT2D eigenvalue weighted by Crippen LogP contribution is -2.28. The standard InChI is InChI=1S/C14H14F3N3O/c15-14(16,17)11-4-2-1-3-10(11)9-13(21)20-6-5-12-18-7-8-19-12/h1-4,7-8H,5-6,9H2,(H,18,19)(H,20,21). The monoisotopic (exact) mass is 297 g/mol. The lowest BCUT2D eigenvalue weighted by molar-refractivity contribution is -0.138. The van der Waals surface area contributed by atoms with E-state index in [0.717, 1.165) is 6.07 Å². The fourth-order valence-electron chi connectivity index (χ4n) is 1.94. The fourth-order valence-corrected chi connectivity index (χ4v) is 1.94. The van der Waals surface area contributed by atoms with Crippen molar-refractivity contribution < 1.29 is 18.0 Å². The van der Waals surface area contributed by atoms with Gasteiger partial charge in [-0.1, -0.05) is 18.2 Å². The van der Waals surface area contributed by atoms with Gasteiger partial charge in [-0.15, -0.1) is 0 Å². The molecule has 0 aliphatic rings. The van der Waals surface area contributed by atoms with Gasteiger partial charge in [0.2, 0.25) is 5.91 Å². The number of aromatic amines is 1. The van der Waals surface area contributed by atoms with Crippen LogP contribution in [0, 0.1) is 0 Å². The molecule has 2 N–H and O–H groups in total. The third-order valence-electron chi connectivity index (χ3n) is 2.91. The zero-order valence-corrected chi connectivity index (χ0v) is 11.1. The second kappa shape index (κ2) is 6.43. The summed E-state index contributed by atoms with van der Waals surface area (Å²) in [6.45, 7) is 0.320. The molecule has 2 aromatic rings. The quantitative estimate of drug-likeness (QED) is 0.890. The Hall–Kier alpha value is -2.31. The molecule has 1 aromatic carbocycles. The van der Waals surface area contributed by atoms with Gasteiger partial charge in [-0.25, -0.2) is 4.98 Å². The number of hydrogen-bond donors (Lipinski definition) is 2. The van der Waals surface area contributed by atoms with Crippen LogP contribution >= 0.6 is 0 Å². The van der Waals surface area contributed by atoms with Gasteiger partial charge in [-0.05, 0) is 11.6 Å². The molecule has 21 heavy (non-hydrogen) atoms. The molecule has 0 saturated carbocycles. The van der Waals surface area contributed by atoms with Gasteiger partial charge in [-0.2, -0.15) is 13.2 Å². The Morgan fingerprint density at radius 1 is 1.29 bits per heavy atom. The number of benzene rings is 1. The minimum Gasteiger partial charge on any atom is -0.355 e. The van der Waals surface area contributed by atoms with Crippen LogP contribution in [0.1, 0.15) is 17.0 Å². The zero-order valence-electron chi connectivity index (χ0n) is 11.1. The Labute approximate surface area is 119 Å². The van der Waals surface area contributed by atoms with E-state index in [1.54, 1.807) is 12.4 Å². The number of rotatable bonds is 5. The van der Waals surface area contributed by atoms with Crippen molar-refractivity contribution in [1.29, 1.82) is 0 Å². The number of amides is 1. The lowest BCUT2D eigenvalue weighted by Gasteiger charge is -2.12. The van der Waals surface area contributed by atoms with E-state index in [0.29, 0.717) is 18.8 Å². The van der Waals surface area contributed by atoms with Crippen LogP contribution < -0.4 is 5.32 Å². The van der Waals surface area contributed by atoms with Crippen molar-refractivity contribution >= 4 is 5.91 Å². The molecule has 0 radical (unpaired) electrons. The molecule has 0 saturated heterocycles. The van der Waals surface area contributed by atoms with Gasteiger partial charge in [0.1, 0.15) is 5.82 Å². The second-order valence-electron chi connectivity index (χ2n) is 4.47. The summed E-state index contributed by atoms with van der Waals surface area (Å²) >= 11 is 0. The van der Waals surface area contributed by atoms with Crippen molar-refractivity contribution in [3.05, 3.63) is 53.6 Å². The van der Waals surface area contributed by atoms with Gasteiger partial charge in [-0.3, -0.25) is 4.79 Å². The Bertz CT molecular complexity index is 594. The zero-order chi connectivity index (χ0) is 15.3. The molecule has 0 unspecified atom stereocenters. The van der Waals surface area contributed by atoms with Crippen LogP contribution in [0.25, 0.3) is 0 Å². The molecule has 2 rings (SSSR count). The van der Waals surface area contributed by atoms with Gasteiger partial charge in [0.25, 0.3) is 0 Å². The molecule has 1 heterocycles. The maximum atomic E-state index is 12.8. The molecule has 1 amide bonds. The van der Waals surface area contributed by atoms with E-state index in [-0.39, 0.29) is 12.0 Å². The SMILES string of the molecule is O=C(Cc1ccccc1C(F)(F)F)NCCc1ncc[nH]1. The number of nitrogens with one attached hydrogen (secondary N) is 2. The number of nitrogens with zero attached hydrogens (tertiary/aromatic N) is 1. The molecule has 0 aliphatic carbocycles. The molecule has 0 spiro atoms. The number of alkyl halides is 3. The Balaban J connectivity index is 1.91. The molecule has 4 nitrogen and oxygen atoms in total. The van der Waals surface area contributed by atoms with E-state index in [1.165, 1.54) is 18.2 Å². The minimum absolute atomic E-state index is 0.0273. The summed E-state index contributed by atoms with van der Waals surface area (Å²) in [5.74, 6) is 0.268. The molecule has 0 aliphatic heterocycles. The van der Waals surface area contributed by atoms with E-state index in [2.05, 4.69) is 15.3 Å². The largest absolute Gasteiger partial charge is 0.416 e. The van der Waals surface area contributed by atoms with Crippen LogP contribution in [-0.4, -0.2) is 22.4 Å². The predicted molar refractivity (Wildman–Crippen MR) is 70.4 cm³/mol. The van der Waals surface area contributed by atoms with Crippen molar-refractivity contribution in [1.82, 2.24) is 15.3 Å². The second-order valence-corrected chi connectivity index (χ2v) is 4.47. The number of aromatic nitrogens is 2.